The number of unbranched alkanes of at least 4 members (excludes halogenated alkanes) is 1. The van der Waals surface area contributed by atoms with Crippen molar-refractivity contribution in [2.75, 3.05) is 12.4 Å². The van der Waals surface area contributed by atoms with Crippen LogP contribution in [0.1, 0.15) is 25.5 Å². The summed E-state index contributed by atoms with van der Waals surface area (Å²) in [6, 6.07) is 8.82. The minimum absolute atomic E-state index is 0.0952. The molecule has 0 bridgehead atoms. The molecular weight excluding hydrogens is 320 g/mol. The number of aromatic amines is 1. The van der Waals surface area contributed by atoms with E-state index in [2.05, 4.69) is 16.9 Å². The number of benzene rings is 1. The Hall–Kier alpha value is -1.46. The Bertz CT molecular complexity index is 643. The molecule has 22 heavy (non-hydrogen) atoms. The topological polar surface area (TPSA) is 55.0 Å². The van der Waals surface area contributed by atoms with Crippen molar-refractivity contribution in [1.29, 1.82) is 0 Å². The van der Waals surface area contributed by atoms with Crippen LogP contribution in [0.4, 0.5) is 0 Å². The first-order valence-corrected chi connectivity index (χ1v) is 8.65. The highest BCUT2D eigenvalue weighted by atomic mass is 35.5. The second-order valence-corrected chi connectivity index (χ2v) is 6.32. The average Bonchev–Trinajstić information content (AvgIpc) is 2.51. The molecule has 0 radical (unpaired) electrons. The highest BCUT2D eigenvalue weighted by Gasteiger charge is 2.02. The third-order valence-corrected chi connectivity index (χ3v) is 4.05. The van der Waals surface area contributed by atoms with Crippen LogP contribution < -0.4 is 10.3 Å². The number of rotatable bonds is 8. The Morgan fingerprint density at radius 2 is 2.09 bits per heavy atom. The quantitative estimate of drug-likeness (QED) is 0.450. The lowest BCUT2D eigenvalue weighted by Gasteiger charge is -2.06. The zero-order chi connectivity index (χ0) is 15.8. The predicted molar refractivity (Wildman–Crippen MR) is 91.1 cm³/mol. The molecule has 0 atom stereocenters. The Morgan fingerprint density at radius 3 is 2.82 bits per heavy atom. The van der Waals surface area contributed by atoms with E-state index < -0.39 is 0 Å². The lowest BCUT2D eigenvalue weighted by Crippen LogP contribution is -2.11. The van der Waals surface area contributed by atoms with Crippen LogP contribution in [0.25, 0.3) is 0 Å². The second-order valence-electron chi connectivity index (χ2n) is 4.80. The molecule has 1 heterocycles. The minimum Gasteiger partial charge on any atom is -0.493 e. The van der Waals surface area contributed by atoms with Crippen LogP contribution in [0.3, 0.4) is 0 Å². The van der Waals surface area contributed by atoms with E-state index in [9.17, 15) is 4.79 Å². The van der Waals surface area contributed by atoms with Crippen LogP contribution in [-0.4, -0.2) is 22.3 Å². The Morgan fingerprint density at radius 1 is 1.32 bits per heavy atom. The highest BCUT2D eigenvalue weighted by Crippen LogP contribution is 2.17. The summed E-state index contributed by atoms with van der Waals surface area (Å²) in [7, 11) is 0. The van der Waals surface area contributed by atoms with Gasteiger partial charge in [0.2, 0.25) is 0 Å². The Balaban J connectivity index is 1.82. The van der Waals surface area contributed by atoms with Gasteiger partial charge in [0.25, 0.3) is 5.56 Å². The maximum Gasteiger partial charge on any atom is 0.251 e. The van der Waals surface area contributed by atoms with E-state index in [0.29, 0.717) is 22.5 Å². The van der Waals surface area contributed by atoms with Crippen molar-refractivity contribution in [3.8, 4) is 5.75 Å². The number of hydrogen-bond acceptors (Lipinski definition) is 4. The molecule has 118 valence electrons. The molecule has 1 aromatic carbocycles. The van der Waals surface area contributed by atoms with Gasteiger partial charge in [-0.15, -0.1) is 0 Å². The lowest BCUT2D eigenvalue weighted by molar-refractivity contribution is 0.344. The molecule has 0 aliphatic heterocycles. The van der Waals surface area contributed by atoms with Crippen molar-refractivity contribution in [3.05, 3.63) is 51.4 Å². The van der Waals surface area contributed by atoms with Crippen LogP contribution in [0.15, 0.2) is 40.3 Å². The van der Waals surface area contributed by atoms with Crippen LogP contribution >= 0.6 is 23.4 Å². The van der Waals surface area contributed by atoms with Crippen LogP contribution in [0, 0.1) is 0 Å². The van der Waals surface area contributed by atoms with Gasteiger partial charge in [-0.1, -0.05) is 36.7 Å². The number of thioether (sulfide) groups is 1. The van der Waals surface area contributed by atoms with Crippen molar-refractivity contribution >= 4 is 23.4 Å². The van der Waals surface area contributed by atoms with Crippen molar-refractivity contribution in [2.24, 2.45) is 0 Å². The molecule has 0 aliphatic carbocycles. The number of aryl methyl sites for hydroxylation is 1. The normalized spacial score (nSPS) is 10.6. The maximum atomic E-state index is 11.6. The van der Waals surface area contributed by atoms with E-state index in [1.165, 1.54) is 11.8 Å². The summed E-state index contributed by atoms with van der Waals surface area (Å²) < 4.78 is 5.61. The van der Waals surface area contributed by atoms with E-state index in [4.69, 9.17) is 16.3 Å². The Kier molecular flexibility index (Phi) is 6.80. The summed E-state index contributed by atoms with van der Waals surface area (Å²) in [5.41, 5.74) is 0.758. The molecule has 2 aromatic rings. The predicted octanol–water partition coefficient (Wildman–Crippen LogP) is 3.94. The molecule has 0 aliphatic rings. The van der Waals surface area contributed by atoms with E-state index in [1.807, 2.05) is 12.1 Å². The largest absolute Gasteiger partial charge is 0.493 e. The summed E-state index contributed by atoms with van der Waals surface area (Å²) in [5.74, 6) is 1.49. The number of nitrogens with zero attached hydrogens (tertiary/aromatic N) is 1. The molecule has 6 heteroatoms. The van der Waals surface area contributed by atoms with Crippen molar-refractivity contribution in [3.63, 3.8) is 0 Å². The SMILES string of the molecule is CCCCc1cc(=O)[nH]c(SCCOc2ccc(Cl)cc2)n1. The number of ether oxygens (including phenoxy) is 1. The smallest absolute Gasteiger partial charge is 0.251 e. The summed E-state index contributed by atoms with van der Waals surface area (Å²) in [6.07, 6.45) is 2.97. The molecule has 0 fully saturated rings. The number of H-pyrrole nitrogens is 1. The molecule has 1 aromatic heterocycles. The van der Waals surface area contributed by atoms with Gasteiger partial charge < -0.3 is 9.72 Å². The zero-order valence-electron chi connectivity index (χ0n) is 12.5. The van der Waals surface area contributed by atoms with Gasteiger partial charge >= 0.3 is 0 Å². The number of hydrogen-bond donors (Lipinski definition) is 1. The first-order valence-electron chi connectivity index (χ1n) is 7.29. The number of aromatic nitrogens is 2. The highest BCUT2D eigenvalue weighted by molar-refractivity contribution is 7.99. The Labute approximate surface area is 139 Å². The van der Waals surface area contributed by atoms with Gasteiger partial charge in [-0.25, -0.2) is 4.98 Å². The van der Waals surface area contributed by atoms with Gasteiger partial charge in [0.05, 0.1) is 6.61 Å². The van der Waals surface area contributed by atoms with Crippen molar-refractivity contribution in [1.82, 2.24) is 9.97 Å². The molecule has 2 rings (SSSR count). The number of nitrogens with one attached hydrogen (secondary N) is 1. The fourth-order valence-corrected chi connectivity index (χ4v) is 2.71. The van der Waals surface area contributed by atoms with Gasteiger partial charge in [0, 0.05) is 22.5 Å². The van der Waals surface area contributed by atoms with E-state index >= 15 is 0 Å². The fraction of sp³-hybridized carbons (Fsp3) is 0.375. The average molecular weight is 339 g/mol. The maximum absolute atomic E-state index is 11.6. The van der Waals surface area contributed by atoms with Crippen molar-refractivity contribution < 1.29 is 4.74 Å². The van der Waals surface area contributed by atoms with E-state index in [1.54, 1.807) is 18.2 Å². The van der Waals surface area contributed by atoms with Gasteiger partial charge in [0.15, 0.2) is 5.16 Å². The molecule has 0 unspecified atom stereocenters. The second kappa shape index (κ2) is 8.86. The van der Waals surface area contributed by atoms with E-state index in [-0.39, 0.29) is 5.56 Å². The monoisotopic (exact) mass is 338 g/mol. The van der Waals surface area contributed by atoms with Gasteiger partial charge in [-0.2, -0.15) is 0 Å². The first-order chi connectivity index (χ1) is 10.7. The first kappa shape index (κ1) is 16.9. The van der Waals surface area contributed by atoms with Crippen LogP contribution in [-0.2, 0) is 6.42 Å². The van der Waals surface area contributed by atoms with Crippen molar-refractivity contribution in [2.45, 2.75) is 31.3 Å². The summed E-state index contributed by atoms with van der Waals surface area (Å²) >= 11 is 7.30. The number of halogens is 1. The molecule has 4 nitrogen and oxygen atoms in total. The van der Waals surface area contributed by atoms with Crippen LogP contribution in [0.2, 0.25) is 5.02 Å². The lowest BCUT2D eigenvalue weighted by atomic mass is 10.2. The fourth-order valence-electron chi connectivity index (χ4n) is 1.87. The molecular formula is C16H19ClN2O2S. The molecule has 0 spiro atoms. The van der Waals surface area contributed by atoms with Gasteiger partial charge in [-0.3, -0.25) is 4.79 Å². The summed E-state index contributed by atoms with van der Waals surface area (Å²) in [6.45, 7) is 2.66. The summed E-state index contributed by atoms with van der Waals surface area (Å²) in [5, 5.41) is 1.34. The molecule has 1 N–H and O–H groups in total. The van der Waals surface area contributed by atoms with Gasteiger partial charge in [-0.05, 0) is 37.1 Å². The van der Waals surface area contributed by atoms with Crippen LogP contribution in [0.5, 0.6) is 5.75 Å². The molecule has 0 saturated heterocycles. The standard InChI is InChI=1S/C16H19ClN2O2S/c1-2-3-4-13-11-15(20)19-16(18-13)22-10-9-21-14-7-5-12(17)6-8-14/h5-8,11H,2-4,9-10H2,1H3,(H,18,19,20). The molecule has 0 saturated carbocycles. The van der Waals surface area contributed by atoms with E-state index in [0.717, 1.165) is 30.7 Å². The van der Waals surface area contributed by atoms with Gasteiger partial charge in [0.1, 0.15) is 5.75 Å². The summed E-state index contributed by atoms with van der Waals surface area (Å²) in [4.78, 5) is 18.8. The minimum atomic E-state index is -0.0952. The third-order valence-electron chi connectivity index (χ3n) is 2.96. The third kappa shape index (κ3) is 5.73. The molecule has 0 amide bonds. The zero-order valence-corrected chi connectivity index (χ0v) is 14.0.